The van der Waals surface area contributed by atoms with Crippen molar-refractivity contribution in [1.82, 2.24) is 15.1 Å². The summed E-state index contributed by atoms with van der Waals surface area (Å²) < 4.78 is 13.1. The average molecular weight is 345 g/mol. The molecule has 1 aliphatic rings. The molecule has 0 unspecified atom stereocenters. The number of rotatable bonds is 6. The Morgan fingerprint density at radius 1 is 1.36 bits per heavy atom. The highest BCUT2D eigenvalue weighted by molar-refractivity contribution is 5.84. The molecule has 2 aromatic rings. The molecule has 0 spiro atoms. The van der Waals surface area contributed by atoms with Gasteiger partial charge in [-0.3, -0.25) is 9.89 Å². The number of aryl methyl sites for hydroxylation is 2. The van der Waals surface area contributed by atoms with Crippen molar-refractivity contribution in [2.75, 3.05) is 6.54 Å². The summed E-state index contributed by atoms with van der Waals surface area (Å²) in [6.07, 6.45) is 1.08. The molecule has 1 saturated carbocycles. The molecule has 2 atom stereocenters. The third-order valence-corrected chi connectivity index (χ3v) is 4.88. The van der Waals surface area contributed by atoms with Gasteiger partial charge in [0.2, 0.25) is 5.91 Å². The molecule has 0 radical (unpaired) electrons. The highest BCUT2D eigenvalue weighted by Gasteiger charge is 2.37. The summed E-state index contributed by atoms with van der Waals surface area (Å²) in [7, 11) is 0. The molecule has 0 aliphatic heterocycles. The number of aromatic nitrogens is 2. The molecule has 1 aromatic carbocycles. The van der Waals surface area contributed by atoms with Crippen LogP contribution in [0.1, 0.15) is 54.3 Å². The summed E-state index contributed by atoms with van der Waals surface area (Å²) in [5.41, 5.74) is 3.26. The molecule has 1 amide bonds. The zero-order valence-electron chi connectivity index (χ0n) is 14.8. The SMILES string of the molecule is Cc1n[nH]c(C)c1[C@H](C)C(=O)N(C[C@H](O)c1ccc(F)cc1)C1CC1. The van der Waals surface area contributed by atoms with Crippen molar-refractivity contribution >= 4 is 5.91 Å². The van der Waals surface area contributed by atoms with Crippen LogP contribution in [0, 0.1) is 19.7 Å². The molecule has 0 bridgehead atoms. The number of aliphatic hydroxyl groups is 1. The second-order valence-corrected chi connectivity index (χ2v) is 6.86. The monoisotopic (exact) mass is 345 g/mol. The van der Waals surface area contributed by atoms with Gasteiger partial charge in [-0.15, -0.1) is 0 Å². The third kappa shape index (κ3) is 3.74. The van der Waals surface area contributed by atoms with E-state index < -0.39 is 6.10 Å². The van der Waals surface area contributed by atoms with Gasteiger partial charge >= 0.3 is 0 Å². The smallest absolute Gasteiger partial charge is 0.230 e. The largest absolute Gasteiger partial charge is 0.387 e. The maximum absolute atomic E-state index is 13.1. The van der Waals surface area contributed by atoms with Gasteiger partial charge in [-0.2, -0.15) is 5.10 Å². The van der Waals surface area contributed by atoms with Crippen LogP contribution in [0.5, 0.6) is 0 Å². The number of amides is 1. The first-order valence-electron chi connectivity index (χ1n) is 8.64. The molecule has 6 heteroatoms. The Morgan fingerprint density at radius 3 is 2.52 bits per heavy atom. The lowest BCUT2D eigenvalue weighted by Gasteiger charge is -2.28. The van der Waals surface area contributed by atoms with Crippen molar-refractivity contribution < 1.29 is 14.3 Å². The second kappa shape index (κ2) is 6.96. The van der Waals surface area contributed by atoms with Crippen molar-refractivity contribution in [1.29, 1.82) is 0 Å². The quantitative estimate of drug-likeness (QED) is 0.846. The van der Waals surface area contributed by atoms with E-state index in [2.05, 4.69) is 10.2 Å². The van der Waals surface area contributed by atoms with Crippen molar-refractivity contribution in [3.63, 3.8) is 0 Å². The van der Waals surface area contributed by atoms with Crippen molar-refractivity contribution in [2.24, 2.45) is 0 Å². The fraction of sp³-hybridized carbons (Fsp3) is 0.474. The fourth-order valence-corrected chi connectivity index (χ4v) is 3.35. The van der Waals surface area contributed by atoms with E-state index in [1.807, 2.05) is 20.8 Å². The Kier molecular flexibility index (Phi) is 4.90. The van der Waals surface area contributed by atoms with Gasteiger partial charge in [0.1, 0.15) is 5.82 Å². The summed E-state index contributed by atoms with van der Waals surface area (Å²) in [5.74, 6) is -0.665. The molecule has 1 aliphatic carbocycles. The van der Waals surface area contributed by atoms with Crippen LogP contribution < -0.4 is 0 Å². The van der Waals surface area contributed by atoms with E-state index in [1.54, 1.807) is 17.0 Å². The number of H-pyrrole nitrogens is 1. The number of carbonyl (C=O) groups excluding carboxylic acids is 1. The topological polar surface area (TPSA) is 69.2 Å². The number of hydrogen-bond acceptors (Lipinski definition) is 3. The number of halogens is 1. The van der Waals surface area contributed by atoms with Gasteiger partial charge in [-0.1, -0.05) is 12.1 Å². The van der Waals surface area contributed by atoms with Gasteiger partial charge in [-0.05, 0) is 51.3 Å². The summed E-state index contributed by atoms with van der Waals surface area (Å²) in [5, 5.41) is 17.6. The minimum absolute atomic E-state index is 0.00346. The van der Waals surface area contributed by atoms with Gasteiger partial charge in [0, 0.05) is 17.3 Å². The predicted octanol–water partition coefficient (Wildman–Crippen LogP) is 2.99. The highest BCUT2D eigenvalue weighted by atomic mass is 19.1. The number of aliphatic hydroxyl groups excluding tert-OH is 1. The van der Waals surface area contributed by atoms with Gasteiger partial charge in [0.15, 0.2) is 0 Å². The van der Waals surface area contributed by atoms with Crippen LogP contribution in [0.2, 0.25) is 0 Å². The van der Waals surface area contributed by atoms with Crippen LogP contribution in [-0.4, -0.2) is 38.7 Å². The Morgan fingerprint density at radius 2 is 2.00 bits per heavy atom. The van der Waals surface area contributed by atoms with E-state index in [0.29, 0.717) is 5.56 Å². The molecule has 25 heavy (non-hydrogen) atoms. The van der Waals surface area contributed by atoms with Crippen molar-refractivity contribution in [3.05, 3.63) is 52.6 Å². The van der Waals surface area contributed by atoms with E-state index in [0.717, 1.165) is 29.8 Å². The molecule has 1 heterocycles. The average Bonchev–Trinajstić information content (AvgIpc) is 3.37. The number of nitrogens with zero attached hydrogens (tertiary/aromatic N) is 2. The summed E-state index contributed by atoms with van der Waals surface area (Å²) in [6, 6.07) is 5.94. The van der Waals surface area contributed by atoms with Crippen molar-refractivity contribution in [3.8, 4) is 0 Å². The zero-order valence-corrected chi connectivity index (χ0v) is 14.8. The Hall–Kier alpha value is -2.21. The standard InChI is InChI=1S/C19H24FN3O2/c1-11(18-12(2)21-22-13(18)3)19(25)23(16-8-9-16)10-17(24)14-4-6-15(20)7-5-14/h4-7,11,16-17,24H,8-10H2,1-3H3,(H,21,22)/t11-,17-/m0/s1. The van der Waals surface area contributed by atoms with Crippen LogP contribution >= 0.6 is 0 Å². The molecule has 1 fully saturated rings. The van der Waals surface area contributed by atoms with E-state index in [1.165, 1.54) is 12.1 Å². The van der Waals surface area contributed by atoms with Crippen LogP contribution in [0.25, 0.3) is 0 Å². The number of benzene rings is 1. The van der Waals surface area contributed by atoms with E-state index >= 15 is 0 Å². The minimum Gasteiger partial charge on any atom is -0.387 e. The molecule has 2 N–H and O–H groups in total. The highest BCUT2D eigenvalue weighted by Crippen LogP contribution is 2.33. The predicted molar refractivity (Wildman–Crippen MR) is 92.6 cm³/mol. The number of carbonyl (C=O) groups is 1. The summed E-state index contributed by atoms with van der Waals surface area (Å²) in [4.78, 5) is 14.8. The molecule has 1 aromatic heterocycles. The summed E-state index contributed by atoms with van der Waals surface area (Å²) >= 11 is 0. The first-order chi connectivity index (χ1) is 11.9. The third-order valence-electron chi connectivity index (χ3n) is 4.88. The Labute approximate surface area is 146 Å². The van der Waals surface area contributed by atoms with Gasteiger partial charge < -0.3 is 10.0 Å². The molecule has 5 nitrogen and oxygen atoms in total. The fourth-order valence-electron chi connectivity index (χ4n) is 3.35. The molecule has 134 valence electrons. The first-order valence-corrected chi connectivity index (χ1v) is 8.64. The van der Waals surface area contributed by atoms with Crippen molar-refractivity contribution in [2.45, 2.75) is 51.7 Å². The maximum Gasteiger partial charge on any atom is 0.230 e. The number of nitrogens with one attached hydrogen (secondary N) is 1. The molecular weight excluding hydrogens is 321 g/mol. The van der Waals surface area contributed by atoms with Crippen LogP contribution in [0.4, 0.5) is 4.39 Å². The number of aromatic amines is 1. The first kappa shape index (κ1) is 17.6. The van der Waals surface area contributed by atoms with Crippen LogP contribution in [0.15, 0.2) is 24.3 Å². The maximum atomic E-state index is 13.1. The van der Waals surface area contributed by atoms with Crippen LogP contribution in [0.3, 0.4) is 0 Å². The second-order valence-electron chi connectivity index (χ2n) is 6.86. The van der Waals surface area contributed by atoms with Gasteiger partial charge in [-0.25, -0.2) is 4.39 Å². The van der Waals surface area contributed by atoms with E-state index in [4.69, 9.17) is 0 Å². The van der Waals surface area contributed by atoms with Gasteiger partial charge in [0.25, 0.3) is 0 Å². The lowest BCUT2D eigenvalue weighted by molar-refractivity contribution is -0.134. The zero-order chi connectivity index (χ0) is 18.1. The van der Waals surface area contributed by atoms with E-state index in [9.17, 15) is 14.3 Å². The lowest BCUT2D eigenvalue weighted by atomic mass is 9.97. The molecule has 3 rings (SSSR count). The Balaban J connectivity index is 1.76. The molecular formula is C19H24FN3O2. The van der Waals surface area contributed by atoms with Gasteiger partial charge in [0.05, 0.1) is 24.3 Å². The Bertz CT molecular complexity index is 733. The van der Waals surface area contributed by atoms with E-state index in [-0.39, 0.29) is 30.2 Å². The number of hydrogen-bond donors (Lipinski definition) is 2. The summed E-state index contributed by atoms with van der Waals surface area (Å²) in [6.45, 7) is 5.90. The lowest BCUT2D eigenvalue weighted by Crippen LogP contribution is -2.39. The molecule has 0 saturated heterocycles. The normalized spacial score (nSPS) is 16.5. The minimum atomic E-state index is -0.830. The van der Waals surface area contributed by atoms with Crippen LogP contribution in [-0.2, 0) is 4.79 Å².